The van der Waals surface area contributed by atoms with Crippen LogP contribution in [-0.2, 0) is 6.54 Å². The molecule has 1 saturated heterocycles. The Hall–Kier alpha value is -2.57. The Labute approximate surface area is 164 Å². The van der Waals surface area contributed by atoms with Gasteiger partial charge in [-0.25, -0.2) is 4.39 Å². The van der Waals surface area contributed by atoms with E-state index in [-0.39, 0.29) is 11.9 Å². The molecule has 0 aliphatic carbocycles. The molecule has 0 N–H and O–H groups in total. The van der Waals surface area contributed by atoms with Crippen molar-refractivity contribution < 1.29 is 8.81 Å². The molecular formula is C22H25FN4O. The lowest BCUT2D eigenvalue weighted by molar-refractivity contribution is 0.0870. The standard InChI is InChI=1S/C22H25FN4O/c1-16-7-9-18(10-8-16)22-25-24-21(28-22)17(2)27-13-11-26(12-14-27)15-19-5-3-4-6-20(19)23/h3-10,17H,11-15H2,1-2H3/t17-/m0/s1. The van der Waals surface area contributed by atoms with Gasteiger partial charge in [0.05, 0.1) is 6.04 Å². The van der Waals surface area contributed by atoms with Gasteiger partial charge in [0.2, 0.25) is 11.8 Å². The maximum Gasteiger partial charge on any atom is 0.247 e. The molecular weight excluding hydrogens is 355 g/mol. The molecule has 146 valence electrons. The Bertz CT molecular complexity index is 916. The van der Waals surface area contributed by atoms with E-state index in [9.17, 15) is 4.39 Å². The lowest BCUT2D eigenvalue weighted by Gasteiger charge is -2.36. The van der Waals surface area contributed by atoms with Crippen molar-refractivity contribution in [3.8, 4) is 11.5 Å². The summed E-state index contributed by atoms with van der Waals surface area (Å²) in [6.07, 6.45) is 0. The molecule has 0 bridgehead atoms. The molecule has 1 fully saturated rings. The molecule has 4 rings (SSSR count). The first kappa shape index (κ1) is 18.8. The van der Waals surface area contributed by atoms with Crippen LogP contribution in [0.15, 0.2) is 52.9 Å². The van der Waals surface area contributed by atoms with Gasteiger partial charge in [-0.2, -0.15) is 0 Å². The molecule has 1 aromatic heterocycles. The minimum absolute atomic E-state index is 0.0577. The first-order valence-corrected chi connectivity index (χ1v) is 9.70. The monoisotopic (exact) mass is 380 g/mol. The van der Waals surface area contributed by atoms with E-state index in [2.05, 4.69) is 33.8 Å². The Balaban J connectivity index is 1.36. The topological polar surface area (TPSA) is 45.4 Å². The van der Waals surface area contributed by atoms with Crippen LogP contribution in [0.4, 0.5) is 4.39 Å². The number of nitrogens with zero attached hydrogens (tertiary/aromatic N) is 4. The Morgan fingerprint density at radius 3 is 2.43 bits per heavy atom. The van der Waals surface area contributed by atoms with Crippen molar-refractivity contribution in [1.82, 2.24) is 20.0 Å². The highest BCUT2D eigenvalue weighted by Crippen LogP contribution is 2.25. The molecule has 1 aliphatic rings. The molecule has 1 aliphatic heterocycles. The molecule has 2 aromatic carbocycles. The molecule has 0 unspecified atom stereocenters. The van der Waals surface area contributed by atoms with E-state index >= 15 is 0 Å². The number of benzene rings is 2. The van der Waals surface area contributed by atoms with Crippen LogP contribution < -0.4 is 0 Å². The fourth-order valence-corrected chi connectivity index (χ4v) is 3.55. The van der Waals surface area contributed by atoms with Crippen molar-refractivity contribution in [2.75, 3.05) is 26.2 Å². The SMILES string of the molecule is Cc1ccc(-c2nnc([C@H](C)N3CCN(Cc4ccccc4F)CC3)o2)cc1. The van der Waals surface area contributed by atoms with E-state index in [0.29, 0.717) is 18.3 Å². The van der Waals surface area contributed by atoms with Crippen LogP contribution in [0.5, 0.6) is 0 Å². The molecule has 0 spiro atoms. The second-order valence-corrected chi connectivity index (χ2v) is 7.39. The third kappa shape index (κ3) is 4.13. The molecule has 5 nitrogen and oxygen atoms in total. The Kier molecular flexibility index (Phi) is 5.50. The quantitative estimate of drug-likeness (QED) is 0.668. The van der Waals surface area contributed by atoms with Gasteiger partial charge in [-0.05, 0) is 32.0 Å². The third-order valence-electron chi connectivity index (χ3n) is 5.40. The third-order valence-corrected chi connectivity index (χ3v) is 5.40. The highest BCUT2D eigenvalue weighted by atomic mass is 19.1. The second kappa shape index (κ2) is 8.20. The zero-order valence-electron chi connectivity index (χ0n) is 16.3. The number of aryl methyl sites for hydroxylation is 1. The van der Waals surface area contributed by atoms with Gasteiger partial charge in [-0.3, -0.25) is 9.80 Å². The van der Waals surface area contributed by atoms with E-state index in [4.69, 9.17) is 4.42 Å². The summed E-state index contributed by atoms with van der Waals surface area (Å²) >= 11 is 0. The summed E-state index contributed by atoms with van der Waals surface area (Å²) < 4.78 is 19.8. The van der Waals surface area contributed by atoms with Gasteiger partial charge in [0.15, 0.2) is 0 Å². The van der Waals surface area contributed by atoms with Crippen LogP contribution in [0.1, 0.15) is 30.0 Å². The summed E-state index contributed by atoms with van der Waals surface area (Å²) in [5, 5.41) is 8.48. The van der Waals surface area contributed by atoms with Crippen molar-refractivity contribution in [3.05, 3.63) is 71.4 Å². The number of halogens is 1. The zero-order valence-corrected chi connectivity index (χ0v) is 16.3. The summed E-state index contributed by atoms with van der Waals surface area (Å²) in [5.74, 6) is 1.06. The lowest BCUT2D eigenvalue weighted by atomic mass is 10.1. The van der Waals surface area contributed by atoms with E-state index in [1.165, 1.54) is 11.6 Å². The summed E-state index contributed by atoms with van der Waals surface area (Å²) in [5.41, 5.74) is 2.89. The lowest BCUT2D eigenvalue weighted by Crippen LogP contribution is -2.46. The number of hydrogen-bond acceptors (Lipinski definition) is 5. The van der Waals surface area contributed by atoms with Crippen molar-refractivity contribution in [3.63, 3.8) is 0 Å². The molecule has 28 heavy (non-hydrogen) atoms. The van der Waals surface area contributed by atoms with Crippen LogP contribution in [0.3, 0.4) is 0 Å². The maximum atomic E-state index is 13.9. The molecule has 1 atom stereocenters. The fourth-order valence-electron chi connectivity index (χ4n) is 3.55. The molecule has 2 heterocycles. The molecule has 6 heteroatoms. The van der Waals surface area contributed by atoms with Gasteiger partial charge in [0.1, 0.15) is 5.82 Å². The summed E-state index contributed by atoms with van der Waals surface area (Å²) in [7, 11) is 0. The first-order chi connectivity index (χ1) is 13.6. The van der Waals surface area contributed by atoms with Gasteiger partial charge in [-0.15, -0.1) is 10.2 Å². The van der Waals surface area contributed by atoms with E-state index in [1.807, 2.05) is 36.4 Å². The normalized spacial score (nSPS) is 17.0. The van der Waals surface area contributed by atoms with E-state index in [0.717, 1.165) is 37.3 Å². The van der Waals surface area contributed by atoms with Gasteiger partial charge in [0, 0.05) is 43.9 Å². The zero-order chi connectivity index (χ0) is 19.5. The van der Waals surface area contributed by atoms with Gasteiger partial charge in [0.25, 0.3) is 0 Å². The molecule has 3 aromatic rings. The summed E-state index contributed by atoms with van der Waals surface area (Å²) in [4.78, 5) is 4.62. The van der Waals surface area contributed by atoms with Crippen LogP contribution >= 0.6 is 0 Å². The Morgan fingerprint density at radius 2 is 1.71 bits per heavy atom. The number of rotatable bonds is 5. The highest BCUT2D eigenvalue weighted by molar-refractivity contribution is 5.52. The van der Waals surface area contributed by atoms with Gasteiger partial charge >= 0.3 is 0 Å². The molecule has 0 amide bonds. The summed E-state index contributed by atoms with van der Waals surface area (Å²) in [6.45, 7) is 8.34. The predicted octanol–water partition coefficient (Wildman–Crippen LogP) is 4.06. The number of aromatic nitrogens is 2. The molecule has 0 radical (unpaired) electrons. The van der Waals surface area contributed by atoms with E-state index < -0.39 is 0 Å². The van der Waals surface area contributed by atoms with Gasteiger partial charge in [-0.1, -0.05) is 35.9 Å². The predicted molar refractivity (Wildman–Crippen MR) is 106 cm³/mol. The van der Waals surface area contributed by atoms with Crippen LogP contribution in [0.2, 0.25) is 0 Å². The van der Waals surface area contributed by atoms with Crippen LogP contribution in [0.25, 0.3) is 11.5 Å². The smallest absolute Gasteiger partial charge is 0.247 e. The average molecular weight is 380 g/mol. The summed E-state index contributed by atoms with van der Waals surface area (Å²) in [6, 6.07) is 15.1. The van der Waals surface area contributed by atoms with Crippen molar-refractivity contribution in [2.24, 2.45) is 0 Å². The second-order valence-electron chi connectivity index (χ2n) is 7.39. The number of hydrogen-bond donors (Lipinski definition) is 0. The van der Waals surface area contributed by atoms with Crippen molar-refractivity contribution >= 4 is 0 Å². The van der Waals surface area contributed by atoms with Crippen molar-refractivity contribution in [1.29, 1.82) is 0 Å². The largest absolute Gasteiger partial charge is 0.419 e. The first-order valence-electron chi connectivity index (χ1n) is 9.70. The minimum Gasteiger partial charge on any atom is -0.419 e. The van der Waals surface area contributed by atoms with Crippen LogP contribution in [0, 0.1) is 12.7 Å². The Morgan fingerprint density at radius 1 is 1.00 bits per heavy atom. The van der Waals surface area contributed by atoms with Crippen molar-refractivity contribution in [2.45, 2.75) is 26.4 Å². The van der Waals surface area contributed by atoms with Crippen LogP contribution in [-0.4, -0.2) is 46.2 Å². The molecule has 0 saturated carbocycles. The average Bonchev–Trinajstić information content (AvgIpc) is 3.20. The van der Waals surface area contributed by atoms with E-state index in [1.54, 1.807) is 6.07 Å². The van der Waals surface area contributed by atoms with Gasteiger partial charge < -0.3 is 4.42 Å². The minimum atomic E-state index is -0.132. The highest BCUT2D eigenvalue weighted by Gasteiger charge is 2.26. The maximum absolute atomic E-state index is 13.9. The number of piperazine rings is 1. The fraction of sp³-hybridized carbons (Fsp3) is 0.364.